The normalized spacial score (nSPS) is 14.3. The van der Waals surface area contributed by atoms with Crippen LogP contribution in [0.15, 0.2) is 59.3 Å². The predicted molar refractivity (Wildman–Crippen MR) is 120 cm³/mol. The van der Waals surface area contributed by atoms with Crippen LogP contribution in [0, 0.1) is 6.92 Å². The van der Waals surface area contributed by atoms with Crippen molar-refractivity contribution in [3.05, 3.63) is 60.7 Å². The molecule has 0 bridgehead atoms. The van der Waals surface area contributed by atoms with Crippen LogP contribution in [0.25, 0.3) is 39.8 Å². The maximum atomic E-state index is 6.21. The van der Waals surface area contributed by atoms with Crippen LogP contribution in [0.4, 0.5) is 5.82 Å². The van der Waals surface area contributed by atoms with Gasteiger partial charge in [-0.15, -0.1) is 0 Å². The van der Waals surface area contributed by atoms with Crippen molar-refractivity contribution < 1.29 is 9.15 Å². The second-order valence-corrected chi connectivity index (χ2v) is 7.67. The van der Waals surface area contributed by atoms with Gasteiger partial charge >= 0.3 is 0 Å². The van der Waals surface area contributed by atoms with Crippen molar-refractivity contribution in [3.8, 4) is 28.7 Å². The van der Waals surface area contributed by atoms with E-state index in [1.165, 1.54) is 0 Å². The zero-order valence-electron chi connectivity index (χ0n) is 17.5. The number of rotatable bonds is 4. The molecule has 4 aromatic heterocycles. The van der Waals surface area contributed by atoms with Gasteiger partial charge in [0.25, 0.3) is 5.95 Å². The maximum Gasteiger partial charge on any atom is 0.253 e. The molecule has 1 N–H and O–H groups in total. The topological polar surface area (TPSA) is 97.9 Å². The van der Waals surface area contributed by atoms with Crippen molar-refractivity contribution in [2.75, 3.05) is 31.2 Å². The monoisotopic (exact) mass is 427 g/mol. The molecule has 0 spiro atoms. The molecule has 0 amide bonds. The molecule has 0 aliphatic carbocycles. The molecule has 5 aromatic rings. The molecule has 6 rings (SSSR count). The van der Waals surface area contributed by atoms with Crippen LogP contribution in [0.1, 0.15) is 5.82 Å². The lowest BCUT2D eigenvalue weighted by Gasteiger charge is -2.27. The average molecular weight is 427 g/mol. The molecule has 1 saturated heterocycles. The van der Waals surface area contributed by atoms with Crippen LogP contribution in [0.3, 0.4) is 0 Å². The molecule has 1 aliphatic heterocycles. The summed E-state index contributed by atoms with van der Waals surface area (Å²) in [5.74, 6) is 2.74. The van der Waals surface area contributed by atoms with Crippen molar-refractivity contribution in [1.29, 1.82) is 0 Å². The van der Waals surface area contributed by atoms with Gasteiger partial charge in [0, 0.05) is 30.9 Å². The Morgan fingerprint density at radius 1 is 1.03 bits per heavy atom. The first-order chi connectivity index (χ1) is 15.7. The molecule has 9 nitrogen and oxygen atoms in total. The van der Waals surface area contributed by atoms with Gasteiger partial charge in [0.2, 0.25) is 0 Å². The highest BCUT2D eigenvalue weighted by atomic mass is 16.5. The number of aromatic nitrogens is 6. The molecule has 32 heavy (non-hydrogen) atoms. The maximum absolute atomic E-state index is 6.21. The average Bonchev–Trinajstić information content (AvgIpc) is 3.59. The SMILES string of the molecule is Cc1ncc(-c2cc3nc(-n4ccc(-c5ccccc5)n4)nc(N4CCOCC4)c3o2)[nH]1. The van der Waals surface area contributed by atoms with Gasteiger partial charge < -0.3 is 19.0 Å². The van der Waals surface area contributed by atoms with Crippen LogP contribution in [0.2, 0.25) is 0 Å². The van der Waals surface area contributed by atoms with Crippen LogP contribution >= 0.6 is 0 Å². The van der Waals surface area contributed by atoms with Crippen molar-refractivity contribution in [2.24, 2.45) is 0 Å². The Hall–Kier alpha value is -3.98. The van der Waals surface area contributed by atoms with Crippen molar-refractivity contribution in [2.45, 2.75) is 6.92 Å². The number of aromatic amines is 1. The highest BCUT2D eigenvalue weighted by Crippen LogP contribution is 2.32. The third-order valence-corrected chi connectivity index (χ3v) is 5.48. The van der Waals surface area contributed by atoms with Crippen LogP contribution in [0.5, 0.6) is 0 Å². The summed E-state index contributed by atoms with van der Waals surface area (Å²) < 4.78 is 13.4. The van der Waals surface area contributed by atoms with Crippen LogP contribution < -0.4 is 4.90 Å². The summed E-state index contributed by atoms with van der Waals surface area (Å²) in [7, 11) is 0. The summed E-state index contributed by atoms with van der Waals surface area (Å²) in [6, 6.07) is 13.9. The van der Waals surface area contributed by atoms with Gasteiger partial charge in [-0.1, -0.05) is 30.3 Å². The number of furan rings is 1. The molecule has 0 atom stereocenters. The number of anilines is 1. The Kier molecular flexibility index (Phi) is 4.46. The van der Waals surface area contributed by atoms with Crippen molar-refractivity contribution >= 4 is 16.9 Å². The first-order valence-corrected chi connectivity index (χ1v) is 10.5. The van der Waals surface area contributed by atoms with E-state index in [-0.39, 0.29) is 0 Å². The molecule has 1 aromatic carbocycles. The Bertz CT molecular complexity index is 1380. The first-order valence-electron chi connectivity index (χ1n) is 10.5. The van der Waals surface area contributed by atoms with Gasteiger partial charge in [-0.3, -0.25) is 0 Å². The molecule has 160 valence electrons. The fourth-order valence-electron chi connectivity index (χ4n) is 3.87. The number of ether oxygens (including phenoxy) is 1. The molecule has 0 saturated carbocycles. The van der Waals surface area contributed by atoms with Gasteiger partial charge in [-0.05, 0) is 13.0 Å². The largest absolute Gasteiger partial charge is 0.449 e. The molecule has 1 fully saturated rings. The van der Waals surface area contributed by atoms with Crippen LogP contribution in [-0.4, -0.2) is 56.0 Å². The lowest BCUT2D eigenvalue weighted by atomic mass is 10.2. The molecule has 5 heterocycles. The summed E-state index contributed by atoms with van der Waals surface area (Å²) in [5, 5.41) is 4.71. The number of imidazole rings is 1. The minimum absolute atomic E-state index is 0.495. The summed E-state index contributed by atoms with van der Waals surface area (Å²) in [6.07, 6.45) is 3.64. The summed E-state index contributed by atoms with van der Waals surface area (Å²) >= 11 is 0. The molecule has 0 unspecified atom stereocenters. The number of morpholine rings is 1. The fraction of sp³-hybridized carbons (Fsp3) is 0.217. The number of nitrogens with one attached hydrogen (secondary N) is 1. The van der Waals surface area contributed by atoms with E-state index < -0.39 is 0 Å². The lowest BCUT2D eigenvalue weighted by molar-refractivity contribution is 0.122. The van der Waals surface area contributed by atoms with E-state index in [4.69, 9.17) is 24.2 Å². The zero-order chi connectivity index (χ0) is 21.5. The number of benzene rings is 1. The molecular weight excluding hydrogens is 406 g/mol. The van der Waals surface area contributed by atoms with Gasteiger partial charge in [0.1, 0.15) is 17.0 Å². The minimum Gasteiger partial charge on any atom is -0.449 e. The van der Waals surface area contributed by atoms with E-state index in [9.17, 15) is 0 Å². The third kappa shape index (κ3) is 3.32. The van der Waals surface area contributed by atoms with Gasteiger partial charge in [0.15, 0.2) is 17.2 Å². The Morgan fingerprint density at radius 2 is 1.88 bits per heavy atom. The minimum atomic E-state index is 0.495. The fourth-order valence-corrected chi connectivity index (χ4v) is 3.87. The number of nitrogens with zero attached hydrogens (tertiary/aromatic N) is 6. The lowest BCUT2D eigenvalue weighted by Crippen LogP contribution is -2.37. The van der Waals surface area contributed by atoms with Gasteiger partial charge in [-0.25, -0.2) is 14.6 Å². The van der Waals surface area contributed by atoms with E-state index in [1.54, 1.807) is 10.9 Å². The number of H-pyrrole nitrogens is 1. The standard InChI is InChI=1S/C23H21N7O2/c1-15-24-14-19(25-15)20-13-18-21(32-20)22(29-9-11-31-12-10-29)27-23(26-18)30-8-7-17(28-30)16-5-3-2-4-6-16/h2-8,13-14H,9-12H2,1H3,(H,24,25). The third-order valence-electron chi connectivity index (χ3n) is 5.48. The van der Waals surface area contributed by atoms with E-state index >= 15 is 0 Å². The van der Waals surface area contributed by atoms with E-state index in [2.05, 4.69) is 14.9 Å². The number of hydrogen-bond donors (Lipinski definition) is 1. The Morgan fingerprint density at radius 3 is 2.66 bits per heavy atom. The molecule has 9 heteroatoms. The van der Waals surface area contributed by atoms with E-state index in [0.29, 0.717) is 30.5 Å². The summed E-state index contributed by atoms with van der Waals surface area (Å²) in [4.78, 5) is 19.3. The summed E-state index contributed by atoms with van der Waals surface area (Å²) in [5.41, 5.74) is 4.08. The zero-order valence-corrected chi connectivity index (χ0v) is 17.5. The Labute approximate surface area is 183 Å². The van der Waals surface area contributed by atoms with Crippen molar-refractivity contribution in [1.82, 2.24) is 29.7 Å². The smallest absolute Gasteiger partial charge is 0.253 e. The van der Waals surface area contributed by atoms with E-state index in [1.807, 2.05) is 55.6 Å². The summed E-state index contributed by atoms with van der Waals surface area (Å²) in [6.45, 7) is 4.67. The molecular formula is C23H21N7O2. The predicted octanol–water partition coefficient (Wildman–Crippen LogP) is 3.61. The van der Waals surface area contributed by atoms with Gasteiger partial charge in [0.05, 0.1) is 25.1 Å². The van der Waals surface area contributed by atoms with Crippen molar-refractivity contribution in [3.63, 3.8) is 0 Å². The number of fused-ring (bicyclic) bond motifs is 1. The second kappa shape index (κ2) is 7.61. The number of aryl methyl sites for hydroxylation is 1. The van der Waals surface area contributed by atoms with Gasteiger partial charge in [-0.2, -0.15) is 10.1 Å². The van der Waals surface area contributed by atoms with E-state index in [0.717, 1.165) is 47.2 Å². The highest BCUT2D eigenvalue weighted by molar-refractivity contribution is 5.88. The first kappa shape index (κ1) is 18.8. The second-order valence-electron chi connectivity index (χ2n) is 7.67. The van der Waals surface area contributed by atoms with Crippen LogP contribution in [-0.2, 0) is 4.74 Å². The Balaban J connectivity index is 1.47. The number of hydrogen-bond acceptors (Lipinski definition) is 7. The molecule has 1 aliphatic rings. The molecule has 0 radical (unpaired) electrons. The highest BCUT2D eigenvalue weighted by Gasteiger charge is 2.22. The quantitative estimate of drug-likeness (QED) is 0.468.